The van der Waals surface area contributed by atoms with E-state index in [9.17, 15) is 0 Å². The van der Waals surface area contributed by atoms with Gasteiger partial charge in [-0.2, -0.15) is 5.10 Å². The quantitative estimate of drug-likeness (QED) is 0.807. The van der Waals surface area contributed by atoms with Gasteiger partial charge in [-0.25, -0.2) is 0 Å². The fourth-order valence-corrected chi connectivity index (χ4v) is 2.47. The molecule has 1 heterocycles. The van der Waals surface area contributed by atoms with Crippen molar-refractivity contribution >= 4 is 8.32 Å². The van der Waals surface area contributed by atoms with Gasteiger partial charge in [0, 0.05) is 6.20 Å². The van der Waals surface area contributed by atoms with Crippen LogP contribution in [0.15, 0.2) is 12.4 Å². The molecule has 0 fully saturated rings. The molecule has 0 saturated carbocycles. The minimum atomic E-state index is -1.63. The Morgan fingerprint density at radius 1 is 1.39 bits per heavy atom. The normalized spacial score (nSPS) is 13.0. The van der Waals surface area contributed by atoms with E-state index < -0.39 is 8.32 Å². The van der Waals surface area contributed by atoms with Gasteiger partial charge in [-0.15, -0.1) is 0 Å². The summed E-state index contributed by atoms with van der Waals surface area (Å²) in [5, 5.41) is 4.58. The molecule has 0 aliphatic carbocycles. The van der Waals surface area contributed by atoms with Gasteiger partial charge < -0.3 is 10.2 Å². The Bertz CT molecular complexity index is 369. The van der Waals surface area contributed by atoms with Crippen molar-refractivity contribution in [2.45, 2.75) is 51.9 Å². The molecule has 0 amide bonds. The van der Waals surface area contributed by atoms with Crippen molar-refractivity contribution in [3.63, 3.8) is 0 Å². The van der Waals surface area contributed by atoms with Crippen LogP contribution in [0.2, 0.25) is 18.1 Å². The smallest absolute Gasteiger partial charge is 0.192 e. The zero-order chi connectivity index (χ0) is 13.8. The Balaban J connectivity index is 2.41. The Hall–Kier alpha value is -0.653. The van der Waals surface area contributed by atoms with E-state index in [2.05, 4.69) is 45.2 Å². The summed E-state index contributed by atoms with van der Waals surface area (Å²) in [6, 6.07) is 0. The van der Waals surface area contributed by atoms with E-state index in [1.54, 1.807) is 0 Å². The third kappa shape index (κ3) is 4.22. The number of nitrogens with two attached hydrogens (primary N) is 1. The maximum atomic E-state index is 6.12. The molecular formula is C13H27N3OSi. The molecule has 2 N–H and O–H groups in total. The highest BCUT2D eigenvalue weighted by Crippen LogP contribution is 2.36. The highest BCUT2D eigenvalue weighted by Gasteiger charge is 2.36. The fourth-order valence-electron chi connectivity index (χ4n) is 1.44. The van der Waals surface area contributed by atoms with Crippen molar-refractivity contribution in [1.82, 2.24) is 9.78 Å². The highest BCUT2D eigenvalue weighted by molar-refractivity contribution is 6.74. The van der Waals surface area contributed by atoms with Gasteiger partial charge >= 0.3 is 0 Å². The van der Waals surface area contributed by atoms with Crippen LogP contribution in [-0.2, 0) is 17.4 Å². The topological polar surface area (TPSA) is 53.1 Å². The zero-order valence-electron chi connectivity index (χ0n) is 12.4. The Morgan fingerprint density at radius 2 is 2.06 bits per heavy atom. The van der Waals surface area contributed by atoms with Gasteiger partial charge in [0.25, 0.3) is 0 Å². The van der Waals surface area contributed by atoms with Gasteiger partial charge in [-0.1, -0.05) is 20.8 Å². The molecule has 104 valence electrons. The molecule has 5 heteroatoms. The van der Waals surface area contributed by atoms with Crippen molar-refractivity contribution in [1.29, 1.82) is 0 Å². The van der Waals surface area contributed by atoms with Crippen LogP contribution in [0.3, 0.4) is 0 Å². The van der Waals surface area contributed by atoms with E-state index in [4.69, 9.17) is 10.2 Å². The number of aromatic nitrogens is 2. The molecule has 4 nitrogen and oxygen atoms in total. The first-order valence-corrected chi connectivity index (χ1v) is 9.52. The first-order valence-electron chi connectivity index (χ1n) is 6.61. The van der Waals surface area contributed by atoms with Gasteiger partial charge in [-0.05, 0) is 36.7 Å². The largest absolute Gasteiger partial charge is 0.415 e. The second-order valence-corrected chi connectivity index (χ2v) is 11.1. The second kappa shape index (κ2) is 5.99. The molecule has 0 bridgehead atoms. The van der Waals surface area contributed by atoms with E-state index in [-0.39, 0.29) is 5.04 Å². The molecule has 0 spiro atoms. The summed E-state index contributed by atoms with van der Waals surface area (Å²) in [5.41, 5.74) is 6.72. The van der Waals surface area contributed by atoms with Crippen LogP contribution < -0.4 is 5.73 Å². The van der Waals surface area contributed by atoms with Crippen LogP contribution in [0.4, 0.5) is 0 Å². The lowest BCUT2D eigenvalue weighted by Crippen LogP contribution is -2.41. The predicted molar refractivity (Wildman–Crippen MR) is 78.1 cm³/mol. The van der Waals surface area contributed by atoms with Crippen LogP contribution in [0, 0.1) is 0 Å². The van der Waals surface area contributed by atoms with Crippen LogP contribution in [0.5, 0.6) is 0 Å². The van der Waals surface area contributed by atoms with Gasteiger partial charge in [0.1, 0.15) is 0 Å². The molecule has 0 unspecified atom stereocenters. The van der Waals surface area contributed by atoms with E-state index in [0.29, 0.717) is 6.54 Å². The standard InChI is InChI=1S/C13H27N3OSi/c1-13(2,3)18(4,5)17-9-8-16-11-12(6-7-14)10-15-16/h10-11H,6-9,14H2,1-5H3. The molecule has 0 radical (unpaired) electrons. The average molecular weight is 269 g/mol. The Kier molecular flexibility index (Phi) is 5.13. The summed E-state index contributed by atoms with van der Waals surface area (Å²) >= 11 is 0. The highest BCUT2D eigenvalue weighted by atomic mass is 28.4. The Labute approximate surface area is 112 Å². The van der Waals surface area contributed by atoms with Gasteiger partial charge in [-0.3, -0.25) is 4.68 Å². The van der Waals surface area contributed by atoms with Crippen molar-refractivity contribution in [3.05, 3.63) is 18.0 Å². The van der Waals surface area contributed by atoms with Crippen LogP contribution >= 0.6 is 0 Å². The average Bonchev–Trinajstić information content (AvgIpc) is 2.64. The monoisotopic (exact) mass is 269 g/mol. The first kappa shape index (κ1) is 15.4. The third-order valence-corrected chi connectivity index (χ3v) is 8.25. The van der Waals surface area contributed by atoms with E-state index in [0.717, 1.165) is 19.6 Å². The number of nitrogens with zero attached hydrogens (tertiary/aromatic N) is 2. The maximum Gasteiger partial charge on any atom is 0.192 e. The molecule has 0 aromatic carbocycles. The van der Waals surface area contributed by atoms with Crippen LogP contribution in [-0.4, -0.2) is 31.2 Å². The summed E-state index contributed by atoms with van der Waals surface area (Å²) in [6.07, 6.45) is 4.84. The molecule has 18 heavy (non-hydrogen) atoms. The fraction of sp³-hybridized carbons (Fsp3) is 0.769. The van der Waals surface area contributed by atoms with Crippen molar-refractivity contribution in [2.75, 3.05) is 13.2 Å². The van der Waals surface area contributed by atoms with E-state index in [1.165, 1.54) is 5.56 Å². The van der Waals surface area contributed by atoms with E-state index in [1.807, 2.05) is 10.9 Å². The molecule has 1 aromatic heterocycles. The third-order valence-electron chi connectivity index (χ3n) is 3.71. The second-order valence-electron chi connectivity index (χ2n) is 6.26. The molecule has 0 aliphatic rings. The van der Waals surface area contributed by atoms with Crippen molar-refractivity contribution in [3.8, 4) is 0 Å². The summed E-state index contributed by atoms with van der Waals surface area (Å²) < 4.78 is 8.06. The lowest BCUT2D eigenvalue weighted by atomic mass is 10.2. The van der Waals surface area contributed by atoms with Gasteiger partial charge in [0.05, 0.1) is 19.3 Å². The molecule has 0 atom stereocenters. The molecular weight excluding hydrogens is 242 g/mol. The number of hydrogen-bond donors (Lipinski definition) is 1. The number of rotatable bonds is 6. The SMILES string of the molecule is CC(C)(C)[Si](C)(C)OCCn1cc(CCN)cn1. The predicted octanol–water partition coefficient (Wildman–Crippen LogP) is 2.41. The molecule has 0 aliphatic heterocycles. The molecule has 1 rings (SSSR count). The molecule has 1 aromatic rings. The molecule has 0 saturated heterocycles. The van der Waals surface area contributed by atoms with Crippen LogP contribution in [0.1, 0.15) is 26.3 Å². The summed E-state index contributed by atoms with van der Waals surface area (Å²) in [6.45, 7) is 13.5. The maximum absolute atomic E-state index is 6.12. The van der Waals surface area contributed by atoms with Gasteiger partial charge in [0.15, 0.2) is 8.32 Å². The summed E-state index contributed by atoms with van der Waals surface area (Å²) in [5.74, 6) is 0. The van der Waals surface area contributed by atoms with Crippen molar-refractivity contribution in [2.24, 2.45) is 5.73 Å². The number of hydrogen-bond acceptors (Lipinski definition) is 3. The van der Waals surface area contributed by atoms with E-state index >= 15 is 0 Å². The lowest BCUT2D eigenvalue weighted by Gasteiger charge is -2.36. The van der Waals surface area contributed by atoms with Crippen LogP contribution in [0.25, 0.3) is 0 Å². The summed E-state index contributed by atoms with van der Waals surface area (Å²) in [4.78, 5) is 0. The zero-order valence-corrected chi connectivity index (χ0v) is 13.4. The minimum absolute atomic E-state index is 0.266. The van der Waals surface area contributed by atoms with Crippen molar-refractivity contribution < 1.29 is 4.43 Å². The Morgan fingerprint density at radius 3 is 2.61 bits per heavy atom. The minimum Gasteiger partial charge on any atom is -0.415 e. The summed E-state index contributed by atoms with van der Waals surface area (Å²) in [7, 11) is -1.63. The van der Waals surface area contributed by atoms with Gasteiger partial charge in [0.2, 0.25) is 0 Å². The lowest BCUT2D eigenvalue weighted by molar-refractivity contribution is 0.266. The first-order chi connectivity index (χ1) is 8.26.